The van der Waals surface area contributed by atoms with Gasteiger partial charge in [0.2, 0.25) is 0 Å². The van der Waals surface area contributed by atoms with Crippen molar-refractivity contribution >= 4 is 0 Å². The van der Waals surface area contributed by atoms with E-state index in [1.54, 1.807) is 25.3 Å². The number of hydrogen-bond donors (Lipinski definition) is 1. The van der Waals surface area contributed by atoms with E-state index in [1.165, 1.54) is 12.5 Å². The second kappa shape index (κ2) is 8.83. The highest BCUT2D eigenvalue weighted by Crippen LogP contribution is 2.28. The van der Waals surface area contributed by atoms with E-state index in [0.717, 1.165) is 31.7 Å². The van der Waals surface area contributed by atoms with Crippen LogP contribution in [0.2, 0.25) is 0 Å². The van der Waals surface area contributed by atoms with Gasteiger partial charge in [0, 0.05) is 17.7 Å². The van der Waals surface area contributed by atoms with Crippen molar-refractivity contribution in [3.63, 3.8) is 0 Å². The lowest BCUT2D eigenvalue weighted by molar-refractivity contribution is -0.676. The van der Waals surface area contributed by atoms with Gasteiger partial charge in [-0.15, -0.1) is 0 Å². The van der Waals surface area contributed by atoms with Crippen LogP contribution in [-0.4, -0.2) is 26.4 Å². The van der Waals surface area contributed by atoms with Gasteiger partial charge in [0.15, 0.2) is 11.5 Å². The standard InChI is InChI=1S/C20H24FNO3/c1-23-20-11-15(12-22-13-17-6-4-10-24-17)8-9-19(20)25-14-16-5-2-3-7-18(16)21/h2-3,5,7-9,11,17,22H,4,6,10,12-14H2,1H3/p+1/t17-/m0/s1. The lowest BCUT2D eigenvalue weighted by atomic mass is 10.2. The van der Waals surface area contributed by atoms with Gasteiger partial charge in [-0.25, -0.2) is 4.39 Å². The maximum Gasteiger partial charge on any atom is 0.161 e. The Labute approximate surface area is 147 Å². The average molecular weight is 346 g/mol. The molecule has 0 spiro atoms. The largest absolute Gasteiger partial charge is 0.493 e. The van der Waals surface area contributed by atoms with E-state index < -0.39 is 0 Å². The Balaban J connectivity index is 1.56. The molecule has 1 heterocycles. The van der Waals surface area contributed by atoms with E-state index in [1.807, 2.05) is 18.2 Å². The van der Waals surface area contributed by atoms with Crippen molar-refractivity contribution in [3.8, 4) is 11.5 Å². The minimum atomic E-state index is -0.262. The third kappa shape index (κ3) is 4.94. The third-order valence-electron chi connectivity index (χ3n) is 4.40. The van der Waals surface area contributed by atoms with Crippen molar-refractivity contribution < 1.29 is 23.9 Å². The zero-order valence-electron chi connectivity index (χ0n) is 14.5. The molecule has 1 aliphatic rings. The molecule has 1 saturated heterocycles. The van der Waals surface area contributed by atoms with Gasteiger partial charge in [-0.1, -0.05) is 18.2 Å². The fourth-order valence-electron chi connectivity index (χ4n) is 3.00. The molecule has 4 nitrogen and oxygen atoms in total. The van der Waals surface area contributed by atoms with Crippen LogP contribution >= 0.6 is 0 Å². The van der Waals surface area contributed by atoms with Crippen molar-refractivity contribution in [3.05, 3.63) is 59.4 Å². The highest BCUT2D eigenvalue weighted by molar-refractivity contribution is 5.42. The van der Waals surface area contributed by atoms with Gasteiger partial charge >= 0.3 is 0 Å². The molecular weight excluding hydrogens is 321 g/mol. The quantitative estimate of drug-likeness (QED) is 0.799. The third-order valence-corrected chi connectivity index (χ3v) is 4.40. The molecule has 3 rings (SSSR count). The lowest BCUT2D eigenvalue weighted by Gasteiger charge is -2.13. The van der Waals surface area contributed by atoms with Crippen LogP contribution in [0.3, 0.4) is 0 Å². The Morgan fingerprint density at radius 1 is 1.20 bits per heavy atom. The summed E-state index contributed by atoms with van der Waals surface area (Å²) in [6.07, 6.45) is 2.70. The Bertz CT molecular complexity index is 686. The van der Waals surface area contributed by atoms with Crippen LogP contribution in [0.1, 0.15) is 24.0 Å². The first-order valence-electron chi connectivity index (χ1n) is 8.72. The summed E-state index contributed by atoms with van der Waals surface area (Å²) in [6.45, 7) is 2.91. The smallest absolute Gasteiger partial charge is 0.161 e. The monoisotopic (exact) mass is 346 g/mol. The average Bonchev–Trinajstić information content (AvgIpc) is 3.15. The van der Waals surface area contributed by atoms with E-state index in [2.05, 4.69) is 5.32 Å². The van der Waals surface area contributed by atoms with Gasteiger partial charge in [-0.3, -0.25) is 0 Å². The van der Waals surface area contributed by atoms with Gasteiger partial charge in [0.05, 0.1) is 7.11 Å². The van der Waals surface area contributed by atoms with Gasteiger partial charge in [0.1, 0.15) is 31.6 Å². The lowest BCUT2D eigenvalue weighted by Crippen LogP contribution is -2.84. The summed E-state index contributed by atoms with van der Waals surface area (Å²) in [4.78, 5) is 0. The molecule has 2 aromatic rings. The minimum Gasteiger partial charge on any atom is -0.493 e. The normalized spacial score (nSPS) is 16.8. The Kier molecular flexibility index (Phi) is 6.25. The van der Waals surface area contributed by atoms with Crippen molar-refractivity contribution in [2.24, 2.45) is 0 Å². The van der Waals surface area contributed by atoms with Crippen LogP contribution in [0.15, 0.2) is 42.5 Å². The summed E-state index contributed by atoms with van der Waals surface area (Å²) in [5, 5.41) is 2.25. The maximum atomic E-state index is 13.7. The molecule has 1 fully saturated rings. The van der Waals surface area contributed by atoms with Crippen molar-refractivity contribution in [2.45, 2.75) is 32.1 Å². The molecule has 2 N–H and O–H groups in total. The summed E-state index contributed by atoms with van der Waals surface area (Å²) in [7, 11) is 1.62. The summed E-state index contributed by atoms with van der Waals surface area (Å²) in [5.74, 6) is 1.02. The van der Waals surface area contributed by atoms with E-state index in [0.29, 0.717) is 23.2 Å². The number of hydrogen-bond acceptors (Lipinski definition) is 3. The molecule has 1 atom stereocenters. The second-order valence-corrected chi connectivity index (χ2v) is 6.23. The number of halogens is 1. The van der Waals surface area contributed by atoms with Gasteiger partial charge < -0.3 is 19.5 Å². The fourth-order valence-corrected chi connectivity index (χ4v) is 3.00. The molecule has 5 heteroatoms. The van der Waals surface area contributed by atoms with Crippen LogP contribution in [-0.2, 0) is 17.9 Å². The summed E-state index contributed by atoms with van der Waals surface area (Å²) in [5.41, 5.74) is 1.69. The predicted octanol–water partition coefficient (Wildman–Crippen LogP) is 2.66. The molecular formula is C20H25FNO3+. The van der Waals surface area contributed by atoms with E-state index >= 15 is 0 Å². The molecule has 25 heavy (non-hydrogen) atoms. The van der Waals surface area contributed by atoms with Gasteiger partial charge in [-0.05, 0) is 37.1 Å². The molecule has 1 aliphatic heterocycles. The predicted molar refractivity (Wildman–Crippen MR) is 93.2 cm³/mol. The summed E-state index contributed by atoms with van der Waals surface area (Å²) in [6, 6.07) is 12.5. The Hall–Kier alpha value is -2.11. The summed E-state index contributed by atoms with van der Waals surface area (Å²) >= 11 is 0. The summed E-state index contributed by atoms with van der Waals surface area (Å²) < 4.78 is 30.5. The highest BCUT2D eigenvalue weighted by Gasteiger charge is 2.17. The molecule has 0 aromatic heterocycles. The first kappa shape index (κ1) is 17.7. The molecule has 0 amide bonds. The Morgan fingerprint density at radius 2 is 2.08 bits per heavy atom. The second-order valence-electron chi connectivity index (χ2n) is 6.23. The number of ether oxygens (including phenoxy) is 3. The number of rotatable bonds is 8. The van der Waals surface area contributed by atoms with E-state index in [9.17, 15) is 4.39 Å². The van der Waals surface area contributed by atoms with Crippen molar-refractivity contribution in [2.75, 3.05) is 20.3 Å². The van der Waals surface area contributed by atoms with Crippen LogP contribution < -0.4 is 14.8 Å². The van der Waals surface area contributed by atoms with E-state index in [4.69, 9.17) is 14.2 Å². The number of methoxy groups -OCH3 is 1. The fraction of sp³-hybridized carbons (Fsp3) is 0.400. The minimum absolute atomic E-state index is 0.174. The zero-order chi connectivity index (χ0) is 17.5. The Morgan fingerprint density at radius 3 is 2.84 bits per heavy atom. The maximum absolute atomic E-state index is 13.7. The number of nitrogens with two attached hydrogens (primary N) is 1. The first-order chi connectivity index (χ1) is 12.3. The topological polar surface area (TPSA) is 44.3 Å². The number of benzene rings is 2. The number of quaternary nitrogens is 1. The van der Waals surface area contributed by atoms with Crippen LogP contribution in [0.25, 0.3) is 0 Å². The molecule has 0 unspecified atom stereocenters. The molecule has 2 aromatic carbocycles. The van der Waals surface area contributed by atoms with Crippen LogP contribution in [0, 0.1) is 5.82 Å². The first-order valence-corrected chi connectivity index (χ1v) is 8.72. The molecule has 0 saturated carbocycles. The van der Waals surface area contributed by atoms with E-state index in [-0.39, 0.29) is 12.4 Å². The van der Waals surface area contributed by atoms with Crippen LogP contribution in [0.5, 0.6) is 11.5 Å². The van der Waals surface area contributed by atoms with Crippen molar-refractivity contribution in [1.29, 1.82) is 0 Å². The van der Waals surface area contributed by atoms with Crippen LogP contribution in [0.4, 0.5) is 4.39 Å². The van der Waals surface area contributed by atoms with Gasteiger partial charge in [0.25, 0.3) is 0 Å². The SMILES string of the molecule is COc1cc(C[NH2+]C[C@@H]2CCCO2)ccc1OCc1ccccc1F. The molecule has 0 bridgehead atoms. The molecule has 0 radical (unpaired) electrons. The zero-order valence-corrected chi connectivity index (χ0v) is 14.5. The van der Waals surface area contributed by atoms with Gasteiger partial charge in [-0.2, -0.15) is 0 Å². The highest BCUT2D eigenvalue weighted by atomic mass is 19.1. The van der Waals surface area contributed by atoms with Crippen molar-refractivity contribution in [1.82, 2.24) is 0 Å². The molecule has 134 valence electrons. The molecule has 0 aliphatic carbocycles.